The molecule has 3 rings (SSSR count). The summed E-state index contributed by atoms with van der Waals surface area (Å²) in [6, 6.07) is 10.5. The van der Waals surface area contributed by atoms with E-state index >= 15 is 0 Å². The molecule has 21 heavy (non-hydrogen) atoms. The van der Waals surface area contributed by atoms with Crippen LogP contribution in [0.2, 0.25) is 0 Å². The highest BCUT2D eigenvalue weighted by Crippen LogP contribution is 2.28. The van der Waals surface area contributed by atoms with Crippen LogP contribution in [-0.4, -0.2) is 11.0 Å². The number of anilines is 1. The fourth-order valence-electron chi connectivity index (χ4n) is 2.75. The first kappa shape index (κ1) is 13.7. The van der Waals surface area contributed by atoms with Crippen LogP contribution in [-0.2, 0) is 0 Å². The standard InChI is InChI=1S/C17H19N3O/c1-12-7-9-13(10-8-12)16-20-15(11-18)17(21-16)19-14-5-3-2-4-6-14/h7-10,14,19H,2-6H2,1H3. The number of rotatable bonds is 3. The molecule has 1 heterocycles. The molecule has 1 aromatic heterocycles. The second-order valence-corrected chi connectivity index (χ2v) is 5.65. The molecule has 0 bridgehead atoms. The molecule has 0 spiro atoms. The summed E-state index contributed by atoms with van der Waals surface area (Å²) in [5.74, 6) is 1.02. The van der Waals surface area contributed by atoms with E-state index in [1.54, 1.807) is 0 Å². The van der Waals surface area contributed by atoms with Crippen molar-refractivity contribution in [3.05, 3.63) is 35.5 Å². The first-order valence-corrected chi connectivity index (χ1v) is 7.51. The lowest BCUT2D eigenvalue weighted by molar-refractivity contribution is 0.451. The number of benzene rings is 1. The molecule has 1 aliphatic rings. The minimum absolute atomic E-state index is 0.344. The Hall–Kier alpha value is -2.28. The fraction of sp³-hybridized carbons (Fsp3) is 0.412. The summed E-state index contributed by atoms with van der Waals surface area (Å²) in [7, 11) is 0. The lowest BCUT2D eigenvalue weighted by Crippen LogP contribution is -2.22. The van der Waals surface area contributed by atoms with E-state index in [9.17, 15) is 5.26 Å². The van der Waals surface area contributed by atoms with Crippen LogP contribution in [0, 0.1) is 18.3 Å². The van der Waals surface area contributed by atoms with E-state index < -0.39 is 0 Å². The van der Waals surface area contributed by atoms with Gasteiger partial charge in [-0.1, -0.05) is 37.0 Å². The Bertz CT molecular complexity index is 646. The van der Waals surface area contributed by atoms with Gasteiger partial charge in [0.15, 0.2) is 0 Å². The maximum atomic E-state index is 9.24. The van der Waals surface area contributed by atoms with Gasteiger partial charge in [-0.3, -0.25) is 0 Å². The average Bonchev–Trinajstić information content (AvgIpc) is 2.92. The largest absolute Gasteiger partial charge is 0.419 e. The molecule has 0 unspecified atom stereocenters. The van der Waals surface area contributed by atoms with Gasteiger partial charge in [0.2, 0.25) is 17.5 Å². The fourth-order valence-corrected chi connectivity index (χ4v) is 2.75. The van der Waals surface area contributed by atoms with Gasteiger partial charge in [-0.15, -0.1) is 0 Å². The van der Waals surface area contributed by atoms with Crippen molar-refractivity contribution in [2.75, 3.05) is 5.32 Å². The van der Waals surface area contributed by atoms with Gasteiger partial charge in [-0.25, -0.2) is 0 Å². The number of aryl methyl sites for hydroxylation is 1. The molecule has 0 radical (unpaired) electrons. The zero-order valence-electron chi connectivity index (χ0n) is 12.2. The van der Waals surface area contributed by atoms with Gasteiger partial charge >= 0.3 is 0 Å². The summed E-state index contributed by atoms with van der Waals surface area (Å²) in [6.07, 6.45) is 6.03. The Morgan fingerprint density at radius 3 is 2.57 bits per heavy atom. The molecular weight excluding hydrogens is 262 g/mol. The summed E-state index contributed by atoms with van der Waals surface area (Å²) in [6.45, 7) is 2.04. The third-order valence-electron chi connectivity index (χ3n) is 3.97. The lowest BCUT2D eigenvalue weighted by Gasteiger charge is -2.22. The monoisotopic (exact) mass is 281 g/mol. The first-order valence-electron chi connectivity index (χ1n) is 7.51. The van der Waals surface area contributed by atoms with Crippen molar-refractivity contribution < 1.29 is 4.42 Å². The normalized spacial score (nSPS) is 15.6. The summed E-state index contributed by atoms with van der Waals surface area (Å²) >= 11 is 0. The van der Waals surface area contributed by atoms with Crippen LogP contribution in [0.15, 0.2) is 28.7 Å². The highest BCUT2D eigenvalue weighted by molar-refractivity contribution is 5.59. The highest BCUT2D eigenvalue weighted by atomic mass is 16.4. The van der Waals surface area contributed by atoms with Crippen molar-refractivity contribution in [2.24, 2.45) is 0 Å². The average molecular weight is 281 g/mol. The first-order chi connectivity index (χ1) is 10.3. The molecule has 1 N–H and O–H groups in total. The second-order valence-electron chi connectivity index (χ2n) is 5.65. The van der Waals surface area contributed by atoms with Gasteiger partial charge in [0.1, 0.15) is 6.07 Å². The van der Waals surface area contributed by atoms with E-state index in [0.717, 1.165) is 18.4 Å². The summed E-state index contributed by atoms with van der Waals surface area (Å²) in [4.78, 5) is 4.30. The van der Waals surface area contributed by atoms with E-state index in [2.05, 4.69) is 16.4 Å². The van der Waals surface area contributed by atoms with Crippen molar-refractivity contribution >= 4 is 5.88 Å². The van der Waals surface area contributed by atoms with Crippen LogP contribution in [0.5, 0.6) is 0 Å². The van der Waals surface area contributed by atoms with Crippen LogP contribution in [0.3, 0.4) is 0 Å². The van der Waals surface area contributed by atoms with E-state index in [1.807, 2.05) is 31.2 Å². The molecule has 1 aliphatic carbocycles. The minimum atomic E-state index is 0.344. The Morgan fingerprint density at radius 2 is 1.90 bits per heavy atom. The smallest absolute Gasteiger partial charge is 0.232 e. The second kappa shape index (κ2) is 6.01. The molecule has 1 aromatic carbocycles. The van der Waals surface area contributed by atoms with Crippen molar-refractivity contribution in [3.8, 4) is 17.5 Å². The topological polar surface area (TPSA) is 61.9 Å². The van der Waals surface area contributed by atoms with Crippen LogP contribution < -0.4 is 5.32 Å². The van der Waals surface area contributed by atoms with Crippen molar-refractivity contribution in [1.82, 2.24) is 4.98 Å². The highest BCUT2D eigenvalue weighted by Gasteiger charge is 2.19. The maximum Gasteiger partial charge on any atom is 0.232 e. The van der Waals surface area contributed by atoms with Crippen LogP contribution in [0.25, 0.3) is 11.5 Å². The number of oxazole rings is 1. The van der Waals surface area contributed by atoms with Crippen LogP contribution in [0.1, 0.15) is 43.4 Å². The van der Waals surface area contributed by atoms with E-state index in [0.29, 0.717) is 23.5 Å². The third-order valence-corrected chi connectivity index (χ3v) is 3.97. The van der Waals surface area contributed by atoms with Crippen molar-refractivity contribution in [3.63, 3.8) is 0 Å². The quantitative estimate of drug-likeness (QED) is 0.912. The van der Waals surface area contributed by atoms with Gasteiger partial charge in [-0.2, -0.15) is 10.2 Å². The number of nitrogens with zero attached hydrogens (tertiary/aromatic N) is 2. The van der Waals surface area contributed by atoms with Gasteiger partial charge < -0.3 is 9.73 Å². The van der Waals surface area contributed by atoms with Crippen molar-refractivity contribution in [2.45, 2.75) is 45.1 Å². The Kier molecular flexibility index (Phi) is 3.92. The van der Waals surface area contributed by atoms with E-state index in [-0.39, 0.29) is 0 Å². The molecule has 0 amide bonds. The van der Waals surface area contributed by atoms with Crippen LogP contribution >= 0.6 is 0 Å². The lowest BCUT2D eigenvalue weighted by atomic mass is 9.95. The zero-order valence-corrected chi connectivity index (χ0v) is 12.2. The number of hydrogen-bond acceptors (Lipinski definition) is 4. The summed E-state index contributed by atoms with van der Waals surface area (Å²) in [5.41, 5.74) is 2.43. The predicted octanol–water partition coefficient (Wildman–Crippen LogP) is 4.27. The molecule has 0 atom stereocenters. The zero-order chi connectivity index (χ0) is 14.7. The third kappa shape index (κ3) is 3.08. The molecule has 1 fully saturated rings. The van der Waals surface area contributed by atoms with Crippen molar-refractivity contribution in [1.29, 1.82) is 5.26 Å². The van der Waals surface area contributed by atoms with Gasteiger partial charge in [0.25, 0.3) is 0 Å². The maximum absolute atomic E-state index is 9.24. The Labute approximate surface area is 124 Å². The molecular formula is C17H19N3O. The molecule has 2 aromatic rings. The van der Waals surface area contributed by atoms with Gasteiger partial charge in [-0.05, 0) is 31.9 Å². The number of hydrogen-bond donors (Lipinski definition) is 1. The number of nitriles is 1. The van der Waals surface area contributed by atoms with E-state index in [4.69, 9.17) is 4.42 Å². The number of nitrogens with one attached hydrogen (secondary N) is 1. The molecule has 0 saturated heterocycles. The molecule has 108 valence electrons. The SMILES string of the molecule is Cc1ccc(-c2nc(C#N)c(NC3CCCCC3)o2)cc1. The molecule has 4 nitrogen and oxygen atoms in total. The Balaban J connectivity index is 1.84. The van der Waals surface area contributed by atoms with E-state index in [1.165, 1.54) is 24.8 Å². The van der Waals surface area contributed by atoms with Gasteiger partial charge in [0, 0.05) is 11.6 Å². The minimum Gasteiger partial charge on any atom is -0.419 e. The number of aromatic nitrogens is 1. The van der Waals surface area contributed by atoms with Gasteiger partial charge in [0.05, 0.1) is 0 Å². The predicted molar refractivity (Wildman–Crippen MR) is 81.9 cm³/mol. The Morgan fingerprint density at radius 1 is 1.19 bits per heavy atom. The summed E-state index contributed by atoms with van der Waals surface area (Å²) in [5, 5.41) is 12.6. The summed E-state index contributed by atoms with van der Waals surface area (Å²) < 4.78 is 5.79. The molecule has 1 saturated carbocycles. The van der Waals surface area contributed by atoms with Crippen LogP contribution in [0.4, 0.5) is 5.88 Å². The molecule has 4 heteroatoms. The molecule has 0 aliphatic heterocycles.